The zero-order chi connectivity index (χ0) is 11.4. The second kappa shape index (κ2) is 4.93. The predicted molar refractivity (Wildman–Crippen MR) is 66.4 cm³/mol. The third kappa shape index (κ3) is 2.30. The highest BCUT2D eigenvalue weighted by molar-refractivity contribution is 6.10. The van der Waals surface area contributed by atoms with Gasteiger partial charge >= 0.3 is 0 Å². The van der Waals surface area contributed by atoms with E-state index in [0.29, 0.717) is 5.92 Å². The number of rotatable bonds is 3. The van der Waals surface area contributed by atoms with E-state index < -0.39 is 0 Å². The molecule has 1 atom stereocenters. The molecule has 0 radical (unpaired) electrons. The van der Waals surface area contributed by atoms with E-state index in [2.05, 4.69) is 19.1 Å². The Kier molecular flexibility index (Phi) is 3.35. The number of ketones is 1. The van der Waals surface area contributed by atoms with Crippen LogP contribution in [-0.2, 0) is 0 Å². The Morgan fingerprint density at radius 1 is 1.31 bits per heavy atom. The first-order valence-electron chi connectivity index (χ1n) is 5.79. The second-order valence-corrected chi connectivity index (χ2v) is 4.12. The maximum Gasteiger partial charge on any atom is 0.192 e. The number of allylic oxidation sites excluding steroid dienone is 4. The lowest BCUT2D eigenvalue weighted by Crippen LogP contribution is -2.06. The molecule has 1 aromatic rings. The van der Waals surface area contributed by atoms with E-state index in [1.165, 1.54) is 0 Å². The van der Waals surface area contributed by atoms with E-state index in [-0.39, 0.29) is 5.78 Å². The highest BCUT2D eigenvalue weighted by Gasteiger charge is 2.13. The summed E-state index contributed by atoms with van der Waals surface area (Å²) in [6.07, 6.45) is 8.30. The summed E-state index contributed by atoms with van der Waals surface area (Å²) in [6, 6.07) is 9.45. The van der Waals surface area contributed by atoms with Gasteiger partial charge in [0.2, 0.25) is 0 Å². The van der Waals surface area contributed by atoms with Gasteiger partial charge in [0.15, 0.2) is 5.78 Å². The zero-order valence-electron chi connectivity index (χ0n) is 9.52. The normalized spacial score (nSPS) is 19.3. The van der Waals surface area contributed by atoms with Gasteiger partial charge in [0, 0.05) is 11.1 Å². The van der Waals surface area contributed by atoms with E-state index in [1.54, 1.807) is 0 Å². The summed E-state index contributed by atoms with van der Waals surface area (Å²) >= 11 is 0. The predicted octanol–water partition coefficient (Wildman–Crippen LogP) is 3.78. The molecule has 82 valence electrons. The van der Waals surface area contributed by atoms with E-state index in [0.717, 1.165) is 24.0 Å². The van der Waals surface area contributed by atoms with Crippen LogP contribution < -0.4 is 0 Å². The number of benzene rings is 1. The zero-order valence-corrected chi connectivity index (χ0v) is 9.52. The summed E-state index contributed by atoms with van der Waals surface area (Å²) in [6.45, 7) is 2.17. The molecule has 0 N–H and O–H groups in total. The van der Waals surface area contributed by atoms with Gasteiger partial charge in [-0.2, -0.15) is 0 Å². The Hall–Kier alpha value is -1.63. The SMILES string of the molecule is CCC1C=CC(C(=O)c2ccccc2)=CC1. The Bertz CT molecular complexity index is 426. The molecule has 16 heavy (non-hydrogen) atoms. The minimum Gasteiger partial charge on any atom is -0.289 e. The van der Waals surface area contributed by atoms with Crippen molar-refractivity contribution < 1.29 is 4.79 Å². The summed E-state index contributed by atoms with van der Waals surface area (Å²) < 4.78 is 0. The molecular weight excluding hydrogens is 196 g/mol. The van der Waals surface area contributed by atoms with Crippen LogP contribution in [-0.4, -0.2) is 5.78 Å². The van der Waals surface area contributed by atoms with E-state index in [1.807, 2.05) is 36.4 Å². The highest BCUT2D eigenvalue weighted by atomic mass is 16.1. The van der Waals surface area contributed by atoms with Crippen LogP contribution in [0.2, 0.25) is 0 Å². The Morgan fingerprint density at radius 3 is 2.62 bits per heavy atom. The third-order valence-corrected chi connectivity index (χ3v) is 3.01. The maximum absolute atomic E-state index is 12.1. The average Bonchev–Trinajstić information content (AvgIpc) is 2.39. The molecule has 0 aliphatic heterocycles. The van der Waals surface area contributed by atoms with Gasteiger partial charge in [-0.3, -0.25) is 4.79 Å². The first kappa shape index (κ1) is 10.9. The Balaban J connectivity index is 2.14. The van der Waals surface area contributed by atoms with Gasteiger partial charge < -0.3 is 0 Å². The summed E-state index contributed by atoms with van der Waals surface area (Å²) in [4.78, 5) is 12.1. The standard InChI is InChI=1S/C15H16O/c1-2-12-8-10-14(11-9-12)15(16)13-6-4-3-5-7-13/h3-8,10-12H,2,9H2,1H3. The molecule has 0 saturated carbocycles. The average molecular weight is 212 g/mol. The van der Waals surface area contributed by atoms with E-state index >= 15 is 0 Å². The molecule has 0 heterocycles. The molecule has 0 aromatic heterocycles. The molecule has 1 heteroatoms. The fourth-order valence-corrected chi connectivity index (χ4v) is 1.89. The highest BCUT2D eigenvalue weighted by Crippen LogP contribution is 2.21. The van der Waals surface area contributed by atoms with Gasteiger partial charge in [0.05, 0.1) is 0 Å². The summed E-state index contributed by atoms with van der Waals surface area (Å²) in [5.74, 6) is 0.735. The van der Waals surface area contributed by atoms with Crippen molar-refractivity contribution in [1.29, 1.82) is 0 Å². The van der Waals surface area contributed by atoms with Crippen molar-refractivity contribution in [3.63, 3.8) is 0 Å². The topological polar surface area (TPSA) is 17.1 Å². The van der Waals surface area contributed by atoms with Crippen LogP contribution in [0.4, 0.5) is 0 Å². The van der Waals surface area contributed by atoms with Gasteiger partial charge in [-0.1, -0.05) is 55.5 Å². The molecule has 1 unspecified atom stereocenters. The van der Waals surface area contributed by atoms with Crippen molar-refractivity contribution in [3.05, 3.63) is 59.7 Å². The minimum atomic E-state index is 0.131. The summed E-state index contributed by atoms with van der Waals surface area (Å²) in [5.41, 5.74) is 1.60. The minimum absolute atomic E-state index is 0.131. The molecule has 0 saturated heterocycles. The molecule has 0 bridgehead atoms. The van der Waals surface area contributed by atoms with Crippen molar-refractivity contribution in [2.75, 3.05) is 0 Å². The molecule has 1 aromatic carbocycles. The van der Waals surface area contributed by atoms with Gasteiger partial charge in [-0.05, 0) is 18.8 Å². The largest absolute Gasteiger partial charge is 0.289 e. The molecule has 1 nitrogen and oxygen atoms in total. The van der Waals surface area contributed by atoms with Crippen molar-refractivity contribution >= 4 is 5.78 Å². The van der Waals surface area contributed by atoms with Gasteiger partial charge in [-0.25, -0.2) is 0 Å². The molecule has 1 aliphatic rings. The lowest BCUT2D eigenvalue weighted by Gasteiger charge is -2.13. The van der Waals surface area contributed by atoms with Crippen molar-refractivity contribution in [2.45, 2.75) is 19.8 Å². The lowest BCUT2D eigenvalue weighted by atomic mass is 9.91. The van der Waals surface area contributed by atoms with Crippen molar-refractivity contribution in [3.8, 4) is 0 Å². The molecule has 0 spiro atoms. The quantitative estimate of drug-likeness (QED) is 0.697. The van der Waals surface area contributed by atoms with Gasteiger partial charge in [-0.15, -0.1) is 0 Å². The van der Waals surface area contributed by atoms with Crippen LogP contribution in [0.1, 0.15) is 30.1 Å². The monoisotopic (exact) mass is 212 g/mol. The van der Waals surface area contributed by atoms with Crippen LogP contribution in [0.25, 0.3) is 0 Å². The van der Waals surface area contributed by atoms with Gasteiger partial charge in [0.1, 0.15) is 0 Å². The third-order valence-electron chi connectivity index (χ3n) is 3.01. The number of Topliss-reactive ketones (excluding diaryl/α,β-unsaturated/α-hetero) is 1. The second-order valence-electron chi connectivity index (χ2n) is 4.12. The first-order valence-corrected chi connectivity index (χ1v) is 5.79. The van der Waals surface area contributed by atoms with Crippen molar-refractivity contribution in [2.24, 2.45) is 5.92 Å². The Morgan fingerprint density at radius 2 is 2.06 bits per heavy atom. The molecular formula is C15H16O. The number of hydrogen-bond donors (Lipinski definition) is 0. The summed E-state index contributed by atoms with van der Waals surface area (Å²) in [7, 11) is 0. The molecule has 1 aliphatic carbocycles. The number of hydrogen-bond acceptors (Lipinski definition) is 1. The number of carbonyl (C=O) groups is 1. The van der Waals surface area contributed by atoms with E-state index in [9.17, 15) is 4.79 Å². The first-order chi connectivity index (χ1) is 7.81. The Labute approximate surface area is 96.5 Å². The molecule has 2 rings (SSSR count). The summed E-state index contributed by atoms with van der Waals surface area (Å²) in [5, 5.41) is 0. The van der Waals surface area contributed by atoms with E-state index in [4.69, 9.17) is 0 Å². The fourth-order valence-electron chi connectivity index (χ4n) is 1.89. The fraction of sp³-hybridized carbons (Fsp3) is 0.267. The van der Waals surface area contributed by atoms with Crippen LogP contribution in [0.3, 0.4) is 0 Å². The van der Waals surface area contributed by atoms with Crippen LogP contribution in [0, 0.1) is 5.92 Å². The smallest absolute Gasteiger partial charge is 0.192 e. The molecule has 0 fully saturated rings. The van der Waals surface area contributed by atoms with Crippen LogP contribution in [0.5, 0.6) is 0 Å². The van der Waals surface area contributed by atoms with Crippen LogP contribution >= 0.6 is 0 Å². The van der Waals surface area contributed by atoms with Crippen molar-refractivity contribution in [1.82, 2.24) is 0 Å². The number of carbonyl (C=O) groups excluding carboxylic acids is 1. The molecule has 0 amide bonds. The van der Waals surface area contributed by atoms with Gasteiger partial charge in [0.25, 0.3) is 0 Å². The lowest BCUT2D eigenvalue weighted by molar-refractivity contribution is 0.103. The maximum atomic E-state index is 12.1. The van der Waals surface area contributed by atoms with Crippen LogP contribution in [0.15, 0.2) is 54.1 Å².